The summed E-state index contributed by atoms with van der Waals surface area (Å²) in [6.45, 7) is 4.63. The largest absolute Gasteiger partial charge is 0.335 e. The number of fused-ring (bicyclic) bond motifs is 1. The summed E-state index contributed by atoms with van der Waals surface area (Å²) >= 11 is 3.41. The molecule has 0 saturated carbocycles. The van der Waals surface area contributed by atoms with Crippen LogP contribution >= 0.6 is 15.9 Å². The van der Waals surface area contributed by atoms with Gasteiger partial charge in [0.25, 0.3) is 0 Å². The number of quaternary nitrogens is 1. The van der Waals surface area contributed by atoms with Crippen LogP contribution in [-0.4, -0.2) is 58.4 Å². The minimum absolute atomic E-state index is 0.120. The lowest BCUT2D eigenvalue weighted by Gasteiger charge is -2.30. The Morgan fingerprint density at radius 2 is 1.87 bits per heavy atom. The molecule has 1 aromatic rings. The normalized spacial score (nSPS) is 19.9. The van der Waals surface area contributed by atoms with Gasteiger partial charge in [-0.2, -0.15) is 4.31 Å². The summed E-state index contributed by atoms with van der Waals surface area (Å²) in [4.78, 5) is 15.1. The van der Waals surface area contributed by atoms with Crippen LogP contribution in [0.5, 0.6) is 0 Å². The molecule has 3 rings (SSSR count). The maximum Gasteiger partial charge on any atom is 0.245 e. The van der Waals surface area contributed by atoms with Gasteiger partial charge in [0.15, 0.2) is 0 Å². The molecule has 0 radical (unpaired) electrons. The Bertz CT molecular complexity index is 743. The van der Waals surface area contributed by atoms with Crippen LogP contribution in [0.2, 0.25) is 0 Å². The highest BCUT2D eigenvalue weighted by molar-refractivity contribution is 9.10. The molecule has 1 fully saturated rings. The highest BCUT2D eigenvalue weighted by Crippen LogP contribution is 2.38. The SMILES string of the molecule is CC(=O)N1CCc2cc(Br)cc(S(=O)(=O)N3CC[NH+](C)CC3)c21. The molecule has 0 unspecified atom stereocenters. The van der Waals surface area contributed by atoms with Crippen LogP contribution < -0.4 is 9.80 Å². The predicted molar refractivity (Wildman–Crippen MR) is 91.3 cm³/mol. The van der Waals surface area contributed by atoms with Crippen LogP contribution in [0.15, 0.2) is 21.5 Å². The number of piperazine rings is 1. The lowest BCUT2D eigenvalue weighted by molar-refractivity contribution is -0.883. The number of hydrogen-bond donors (Lipinski definition) is 1. The average Bonchev–Trinajstić information content (AvgIpc) is 2.90. The molecule has 23 heavy (non-hydrogen) atoms. The Morgan fingerprint density at radius 1 is 1.22 bits per heavy atom. The van der Waals surface area contributed by atoms with Crippen LogP contribution in [0.1, 0.15) is 12.5 Å². The summed E-state index contributed by atoms with van der Waals surface area (Å²) in [6, 6.07) is 3.53. The third kappa shape index (κ3) is 3.05. The summed E-state index contributed by atoms with van der Waals surface area (Å²) in [5, 5.41) is 0. The van der Waals surface area contributed by atoms with Crippen molar-refractivity contribution in [2.45, 2.75) is 18.2 Å². The van der Waals surface area contributed by atoms with E-state index in [1.165, 1.54) is 11.8 Å². The molecule has 1 N–H and O–H groups in total. The zero-order chi connectivity index (χ0) is 16.8. The molecule has 6 nitrogen and oxygen atoms in total. The Balaban J connectivity index is 2.07. The first-order valence-corrected chi connectivity index (χ1v) is 9.96. The fraction of sp³-hybridized carbons (Fsp3) is 0.533. The number of likely N-dealkylation sites (N-methyl/N-ethyl adjacent to an activating group) is 1. The Kier molecular flexibility index (Phi) is 4.52. The second kappa shape index (κ2) is 6.16. The van der Waals surface area contributed by atoms with Crippen molar-refractivity contribution in [3.63, 3.8) is 0 Å². The molecule has 1 amide bonds. The number of halogens is 1. The quantitative estimate of drug-likeness (QED) is 0.749. The molecule has 0 aliphatic carbocycles. The molecule has 0 atom stereocenters. The first kappa shape index (κ1) is 16.9. The van der Waals surface area contributed by atoms with Gasteiger partial charge in [0.1, 0.15) is 4.90 Å². The second-order valence-corrected chi connectivity index (χ2v) is 9.02. The van der Waals surface area contributed by atoms with Crippen LogP contribution in [0, 0.1) is 0 Å². The highest BCUT2D eigenvalue weighted by atomic mass is 79.9. The molecule has 0 bridgehead atoms. The van der Waals surface area contributed by atoms with Gasteiger partial charge in [-0.25, -0.2) is 8.42 Å². The van der Waals surface area contributed by atoms with Crippen LogP contribution in [0.4, 0.5) is 5.69 Å². The molecule has 2 aliphatic heterocycles. The molecule has 0 aromatic heterocycles. The van der Waals surface area contributed by atoms with Crippen LogP contribution in [0.25, 0.3) is 0 Å². The third-order valence-corrected chi connectivity index (χ3v) is 6.94. The fourth-order valence-electron chi connectivity index (χ4n) is 3.23. The number of sulfonamides is 1. The lowest BCUT2D eigenvalue weighted by atomic mass is 10.2. The third-order valence-electron chi connectivity index (χ3n) is 4.57. The topological polar surface area (TPSA) is 62.1 Å². The van der Waals surface area contributed by atoms with Gasteiger partial charge in [-0.1, -0.05) is 15.9 Å². The first-order chi connectivity index (χ1) is 10.8. The summed E-state index contributed by atoms with van der Waals surface area (Å²) in [5.74, 6) is -0.120. The molecule has 1 aromatic carbocycles. The number of benzene rings is 1. The number of rotatable bonds is 2. The number of nitrogens with zero attached hydrogens (tertiary/aromatic N) is 2. The zero-order valence-corrected chi connectivity index (χ0v) is 15.7. The first-order valence-electron chi connectivity index (χ1n) is 7.72. The standard InChI is InChI=1S/C15H20BrN3O3S/c1-11(20)19-4-3-12-9-13(16)10-14(15(12)19)23(21,22)18-7-5-17(2)6-8-18/h9-10H,3-8H2,1-2H3/p+1. The number of carbonyl (C=O) groups is 1. The maximum atomic E-state index is 13.1. The van der Waals surface area contributed by atoms with E-state index in [0.717, 1.165) is 23.1 Å². The van der Waals surface area contributed by atoms with Crippen molar-refractivity contribution in [1.29, 1.82) is 0 Å². The van der Waals surface area contributed by atoms with E-state index in [4.69, 9.17) is 0 Å². The smallest absolute Gasteiger partial charge is 0.245 e. The molecule has 2 aliphatic rings. The van der Waals surface area contributed by atoms with Gasteiger partial charge in [-0.05, 0) is 24.1 Å². The van der Waals surface area contributed by atoms with E-state index in [0.29, 0.717) is 31.7 Å². The van der Waals surface area contributed by atoms with E-state index in [1.54, 1.807) is 15.3 Å². The van der Waals surface area contributed by atoms with E-state index in [2.05, 4.69) is 23.0 Å². The summed E-state index contributed by atoms with van der Waals surface area (Å²) in [6.07, 6.45) is 0.684. The van der Waals surface area contributed by atoms with E-state index in [-0.39, 0.29) is 10.8 Å². The van der Waals surface area contributed by atoms with Gasteiger partial charge >= 0.3 is 0 Å². The Labute approximate surface area is 145 Å². The van der Waals surface area contributed by atoms with Gasteiger partial charge in [0.2, 0.25) is 15.9 Å². The van der Waals surface area contributed by atoms with E-state index in [1.807, 2.05) is 6.07 Å². The van der Waals surface area contributed by atoms with Crippen LogP contribution in [0.3, 0.4) is 0 Å². The number of amides is 1. The van der Waals surface area contributed by atoms with Crippen molar-refractivity contribution in [3.05, 3.63) is 22.2 Å². The molecular weight excluding hydrogens is 382 g/mol. The number of nitrogens with one attached hydrogen (secondary N) is 1. The van der Waals surface area contributed by atoms with Crippen molar-refractivity contribution >= 4 is 37.5 Å². The van der Waals surface area contributed by atoms with Gasteiger partial charge in [0.05, 0.1) is 38.9 Å². The molecule has 1 saturated heterocycles. The van der Waals surface area contributed by atoms with Gasteiger partial charge in [-0.3, -0.25) is 4.79 Å². The lowest BCUT2D eigenvalue weighted by Crippen LogP contribution is -3.12. The van der Waals surface area contributed by atoms with Gasteiger partial charge in [0, 0.05) is 17.9 Å². The second-order valence-electron chi connectivity index (χ2n) is 6.19. The van der Waals surface area contributed by atoms with Crippen molar-refractivity contribution < 1.29 is 18.1 Å². The van der Waals surface area contributed by atoms with Gasteiger partial charge < -0.3 is 9.80 Å². The van der Waals surface area contributed by atoms with E-state index >= 15 is 0 Å². The van der Waals surface area contributed by atoms with Crippen LogP contribution in [-0.2, 0) is 21.2 Å². The maximum absolute atomic E-state index is 13.1. The summed E-state index contributed by atoms with van der Waals surface area (Å²) in [5.41, 5.74) is 1.47. The monoisotopic (exact) mass is 402 g/mol. The van der Waals surface area contributed by atoms with Gasteiger partial charge in [-0.15, -0.1) is 0 Å². The number of carbonyl (C=O) groups excluding carboxylic acids is 1. The molecule has 8 heteroatoms. The number of hydrogen-bond acceptors (Lipinski definition) is 3. The van der Waals surface area contributed by atoms with Crippen molar-refractivity contribution in [2.75, 3.05) is 44.7 Å². The Morgan fingerprint density at radius 3 is 2.48 bits per heavy atom. The highest BCUT2D eigenvalue weighted by Gasteiger charge is 2.36. The molecular formula is C15H21BrN3O3S+. The predicted octanol–water partition coefficient (Wildman–Crippen LogP) is -0.123. The molecule has 126 valence electrons. The van der Waals surface area contributed by atoms with Crippen molar-refractivity contribution in [2.24, 2.45) is 0 Å². The van der Waals surface area contributed by atoms with E-state index < -0.39 is 10.0 Å². The van der Waals surface area contributed by atoms with E-state index in [9.17, 15) is 13.2 Å². The molecule has 0 spiro atoms. The minimum atomic E-state index is -3.60. The summed E-state index contributed by atoms with van der Waals surface area (Å²) in [7, 11) is -1.54. The number of anilines is 1. The summed E-state index contributed by atoms with van der Waals surface area (Å²) < 4.78 is 28.5. The zero-order valence-electron chi connectivity index (χ0n) is 13.3. The minimum Gasteiger partial charge on any atom is -0.335 e. The molecule has 2 heterocycles. The fourth-order valence-corrected chi connectivity index (χ4v) is 5.59. The van der Waals surface area contributed by atoms with Crippen molar-refractivity contribution in [1.82, 2.24) is 4.31 Å². The van der Waals surface area contributed by atoms with Crippen molar-refractivity contribution in [3.8, 4) is 0 Å². The average molecular weight is 403 g/mol. The Hall–Kier alpha value is -0.960.